The molecule has 0 unspecified atom stereocenters. The van der Waals surface area contributed by atoms with E-state index in [4.69, 9.17) is 5.73 Å². The first-order chi connectivity index (χ1) is 8.86. The Morgan fingerprint density at radius 2 is 2.11 bits per heavy atom. The third-order valence-electron chi connectivity index (χ3n) is 2.24. The Bertz CT molecular complexity index is 547. The van der Waals surface area contributed by atoms with E-state index in [9.17, 15) is 24.1 Å². The second-order valence-electron chi connectivity index (χ2n) is 3.50. The van der Waals surface area contributed by atoms with Gasteiger partial charge in [-0.1, -0.05) is 0 Å². The summed E-state index contributed by atoms with van der Waals surface area (Å²) in [5.41, 5.74) is 3.73. The van der Waals surface area contributed by atoms with Gasteiger partial charge in [-0.15, -0.1) is 0 Å². The molecule has 0 aliphatic heterocycles. The summed E-state index contributed by atoms with van der Waals surface area (Å²) in [7, 11) is 1.37. The van der Waals surface area contributed by atoms with E-state index in [1.54, 1.807) is 0 Å². The molecule has 0 heterocycles. The van der Waals surface area contributed by atoms with Gasteiger partial charge in [-0.2, -0.15) is 0 Å². The molecule has 0 atom stereocenters. The second kappa shape index (κ2) is 5.76. The van der Waals surface area contributed by atoms with Crippen LogP contribution in [0.2, 0.25) is 0 Å². The van der Waals surface area contributed by atoms with Crippen LogP contribution in [0.1, 0.15) is 10.4 Å². The Kier molecular flexibility index (Phi) is 4.35. The minimum absolute atomic E-state index is 0.357. The Labute approximate surface area is 106 Å². The number of carbonyl (C=O) groups excluding carboxylic acids is 2. The number of nitro groups is 1. The highest BCUT2D eigenvalue weighted by molar-refractivity contribution is 6.00. The number of nitrogens with one attached hydrogen (secondary N) is 2. The number of carbonyl (C=O) groups is 2. The predicted octanol–water partition coefficient (Wildman–Crippen LogP) is -0.208. The molecule has 1 rings (SSSR count). The minimum Gasteiger partial charge on any atom is -0.396 e. The molecule has 0 spiro atoms. The standard InChI is InChI=1S/C10H11FN4O4/c1-13-9(16)4-14-10(17)5-2-7(12)6(11)3-8(5)15(18)19/h2-3H,4,12H2,1H3,(H,13,16)(H,14,17). The van der Waals surface area contributed by atoms with Crippen molar-refractivity contribution in [2.24, 2.45) is 0 Å². The predicted molar refractivity (Wildman–Crippen MR) is 63.9 cm³/mol. The number of hydrogen-bond donors (Lipinski definition) is 3. The summed E-state index contributed by atoms with van der Waals surface area (Å²) in [4.78, 5) is 32.4. The largest absolute Gasteiger partial charge is 0.396 e. The molecule has 0 saturated carbocycles. The summed E-state index contributed by atoms with van der Waals surface area (Å²) in [5.74, 6) is -2.36. The van der Waals surface area contributed by atoms with E-state index in [1.165, 1.54) is 7.05 Å². The second-order valence-corrected chi connectivity index (χ2v) is 3.50. The van der Waals surface area contributed by atoms with E-state index in [0.29, 0.717) is 6.07 Å². The monoisotopic (exact) mass is 270 g/mol. The number of nitro benzene ring substituents is 1. The topological polar surface area (TPSA) is 127 Å². The molecule has 1 aromatic rings. The lowest BCUT2D eigenvalue weighted by molar-refractivity contribution is -0.385. The van der Waals surface area contributed by atoms with Gasteiger partial charge in [0, 0.05) is 7.05 Å². The van der Waals surface area contributed by atoms with Crippen LogP contribution >= 0.6 is 0 Å². The Balaban J connectivity index is 3.04. The molecule has 1 aromatic carbocycles. The lowest BCUT2D eigenvalue weighted by atomic mass is 10.1. The molecular weight excluding hydrogens is 259 g/mol. The number of benzene rings is 1. The minimum atomic E-state index is -0.991. The average Bonchev–Trinajstić information content (AvgIpc) is 2.37. The van der Waals surface area contributed by atoms with Gasteiger partial charge >= 0.3 is 0 Å². The van der Waals surface area contributed by atoms with Gasteiger partial charge in [0.05, 0.1) is 23.2 Å². The van der Waals surface area contributed by atoms with Crippen LogP contribution in [-0.2, 0) is 4.79 Å². The zero-order valence-electron chi connectivity index (χ0n) is 9.90. The smallest absolute Gasteiger partial charge is 0.285 e. The van der Waals surface area contributed by atoms with E-state index in [1.807, 2.05) is 0 Å². The molecule has 0 aromatic heterocycles. The van der Waals surface area contributed by atoms with Crippen LogP contribution < -0.4 is 16.4 Å². The molecule has 4 N–H and O–H groups in total. The van der Waals surface area contributed by atoms with Crippen LogP contribution in [0.5, 0.6) is 0 Å². The summed E-state index contributed by atoms with van der Waals surface area (Å²) < 4.78 is 13.1. The summed E-state index contributed by atoms with van der Waals surface area (Å²) in [5, 5.41) is 15.1. The molecule has 8 nitrogen and oxygen atoms in total. The quantitative estimate of drug-likeness (QED) is 0.396. The number of nitrogens with two attached hydrogens (primary N) is 1. The maximum Gasteiger partial charge on any atom is 0.285 e. The van der Waals surface area contributed by atoms with Crippen molar-refractivity contribution in [1.82, 2.24) is 10.6 Å². The Hall–Kier alpha value is -2.71. The molecule has 9 heteroatoms. The van der Waals surface area contributed by atoms with Crippen LogP contribution in [0.4, 0.5) is 15.8 Å². The number of likely N-dealkylation sites (N-methyl/N-ethyl adjacent to an activating group) is 1. The van der Waals surface area contributed by atoms with E-state index >= 15 is 0 Å². The van der Waals surface area contributed by atoms with Crippen molar-refractivity contribution in [3.63, 3.8) is 0 Å². The molecule has 19 heavy (non-hydrogen) atoms. The number of halogens is 1. The van der Waals surface area contributed by atoms with Crippen molar-refractivity contribution in [3.05, 3.63) is 33.6 Å². The number of hydrogen-bond acceptors (Lipinski definition) is 5. The van der Waals surface area contributed by atoms with Gasteiger partial charge in [-0.05, 0) is 6.07 Å². The van der Waals surface area contributed by atoms with Crippen molar-refractivity contribution < 1.29 is 18.9 Å². The molecule has 0 aliphatic carbocycles. The first kappa shape index (κ1) is 14.4. The summed E-state index contributed by atoms with van der Waals surface area (Å²) in [6.45, 7) is -0.357. The molecule has 0 fully saturated rings. The fourth-order valence-corrected chi connectivity index (χ4v) is 1.26. The van der Waals surface area contributed by atoms with Crippen molar-refractivity contribution in [1.29, 1.82) is 0 Å². The zero-order chi connectivity index (χ0) is 14.6. The lowest BCUT2D eigenvalue weighted by Gasteiger charge is -2.06. The van der Waals surface area contributed by atoms with Crippen LogP contribution in [0.15, 0.2) is 12.1 Å². The first-order valence-electron chi connectivity index (χ1n) is 5.09. The highest BCUT2D eigenvalue weighted by Gasteiger charge is 2.23. The van der Waals surface area contributed by atoms with Gasteiger partial charge in [0.2, 0.25) is 5.91 Å². The fourth-order valence-electron chi connectivity index (χ4n) is 1.26. The van der Waals surface area contributed by atoms with Crippen LogP contribution in [0.3, 0.4) is 0 Å². The number of nitrogen functional groups attached to an aromatic ring is 1. The molecule has 102 valence electrons. The summed E-state index contributed by atoms with van der Waals surface area (Å²) >= 11 is 0. The van der Waals surface area contributed by atoms with Crippen molar-refractivity contribution >= 4 is 23.2 Å². The van der Waals surface area contributed by atoms with Gasteiger partial charge in [-0.3, -0.25) is 19.7 Å². The maximum atomic E-state index is 13.1. The van der Waals surface area contributed by atoms with Crippen LogP contribution in [-0.4, -0.2) is 30.3 Å². The Morgan fingerprint density at radius 3 is 2.63 bits per heavy atom. The Morgan fingerprint density at radius 1 is 1.47 bits per heavy atom. The molecule has 2 amide bonds. The molecule has 0 bridgehead atoms. The molecule has 0 radical (unpaired) electrons. The van der Waals surface area contributed by atoms with E-state index in [-0.39, 0.29) is 6.54 Å². The lowest BCUT2D eigenvalue weighted by Crippen LogP contribution is -2.35. The number of nitrogens with zero attached hydrogens (tertiary/aromatic N) is 1. The number of rotatable bonds is 4. The summed E-state index contributed by atoms with van der Waals surface area (Å²) in [6, 6.07) is 1.41. The van der Waals surface area contributed by atoms with Crippen molar-refractivity contribution in [2.75, 3.05) is 19.3 Å². The SMILES string of the molecule is CNC(=O)CNC(=O)c1cc(N)c(F)cc1[N+](=O)[O-]. The van der Waals surface area contributed by atoms with Crippen molar-refractivity contribution in [2.45, 2.75) is 0 Å². The highest BCUT2D eigenvalue weighted by atomic mass is 19.1. The van der Waals surface area contributed by atoms with E-state index in [2.05, 4.69) is 10.6 Å². The van der Waals surface area contributed by atoms with Crippen LogP contribution in [0, 0.1) is 15.9 Å². The normalized spacial score (nSPS) is 9.79. The van der Waals surface area contributed by atoms with Gasteiger partial charge in [0.1, 0.15) is 5.56 Å². The number of amides is 2. The van der Waals surface area contributed by atoms with Gasteiger partial charge in [0.25, 0.3) is 11.6 Å². The summed E-state index contributed by atoms with van der Waals surface area (Å²) in [6.07, 6.45) is 0. The molecular formula is C10H11FN4O4. The van der Waals surface area contributed by atoms with Gasteiger partial charge in [-0.25, -0.2) is 4.39 Å². The molecule has 0 saturated heterocycles. The first-order valence-corrected chi connectivity index (χ1v) is 5.09. The third kappa shape index (κ3) is 3.37. The van der Waals surface area contributed by atoms with Crippen LogP contribution in [0.25, 0.3) is 0 Å². The average molecular weight is 270 g/mol. The third-order valence-corrected chi connectivity index (χ3v) is 2.24. The molecule has 0 aliphatic rings. The fraction of sp³-hybridized carbons (Fsp3) is 0.200. The number of anilines is 1. The zero-order valence-corrected chi connectivity index (χ0v) is 9.90. The maximum absolute atomic E-state index is 13.1. The van der Waals surface area contributed by atoms with E-state index in [0.717, 1.165) is 6.07 Å². The highest BCUT2D eigenvalue weighted by Crippen LogP contribution is 2.24. The van der Waals surface area contributed by atoms with Gasteiger partial charge < -0.3 is 16.4 Å². The van der Waals surface area contributed by atoms with E-state index < -0.39 is 39.5 Å². The van der Waals surface area contributed by atoms with Crippen molar-refractivity contribution in [3.8, 4) is 0 Å². The van der Waals surface area contributed by atoms with Gasteiger partial charge in [0.15, 0.2) is 5.82 Å².